The van der Waals surface area contributed by atoms with Crippen LogP contribution in [0.2, 0.25) is 0 Å². The molecule has 0 N–H and O–H groups in total. The number of ether oxygens (including phenoxy) is 2. The molecule has 0 spiro atoms. The molecule has 0 saturated carbocycles. The zero-order valence-corrected chi connectivity index (χ0v) is 27.7. The van der Waals surface area contributed by atoms with Gasteiger partial charge >= 0.3 is 0 Å². The maximum atomic E-state index is 6.48. The summed E-state index contributed by atoms with van der Waals surface area (Å²) in [5.74, 6) is 3.01. The lowest BCUT2D eigenvalue weighted by Gasteiger charge is -2.26. The molecule has 0 bridgehead atoms. The van der Waals surface area contributed by atoms with Crippen molar-refractivity contribution >= 4 is 59.3 Å². The molecular formula is C46H29NO2S. The van der Waals surface area contributed by atoms with E-state index in [1.54, 1.807) is 0 Å². The van der Waals surface area contributed by atoms with E-state index in [1.807, 2.05) is 41.7 Å². The maximum absolute atomic E-state index is 6.48. The molecule has 0 saturated heterocycles. The quantitative estimate of drug-likeness (QED) is 0.184. The van der Waals surface area contributed by atoms with Gasteiger partial charge in [0.1, 0.15) is 11.5 Å². The molecule has 0 aliphatic carbocycles. The third-order valence-corrected chi connectivity index (χ3v) is 10.7. The molecule has 9 aromatic rings. The van der Waals surface area contributed by atoms with Crippen LogP contribution in [0.25, 0.3) is 53.2 Å². The topological polar surface area (TPSA) is 21.7 Å². The number of hydrogen-bond donors (Lipinski definition) is 0. The minimum atomic E-state index is 0.701. The highest BCUT2D eigenvalue weighted by molar-refractivity contribution is 7.25. The Morgan fingerprint density at radius 3 is 1.68 bits per heavy atom. The average Bonchev–Trinajstić information content (AvgIpc) is 3.46. The zero-order chi connectivity index (χ0) is 33.0. The molecule has 0 unspecified atom stereocenters. The first-order chi connectivity index (χ1) is 24.7. The first-order valence-corrected chi connectivity index (χ1v) is 17.6. The van der Waals surface area contributed by atoms with Crippen molar-refractivity contribution in [3.63, 3.8) is 0 Å². The van der Waals surface area contributed by atoms with Crippen molar-refractivity contribution in [3.8, 4) is 45.3 Å². The fraction of sp³-hybridized carbons (Fsp3) is 0. The number of fused-ring (bicyclic) bond motifs is 4. The van der Waals surface area contributed by atoms with Gasteiger partial charge in [-0.1, -0.05) is 109 Å². The summed E-state index contributed by atoms with van der Waals surface area (Å²) in [6.45, 7) is 0. The molecule has 4 heteroatoms. The fourth-order valence-corrected chi connectivity index (χ4v) is 8.21. The maximum Gasteiger partial charge on any atom is 0.170 e. The van der Waals surface area contributed by atoms with Gasteiger partial charge in [-0.2, -0.15) is 0 Å². The van der Waals surface area contributed by atoms with E-state index in [-0.39, 0.29) is 0 Å². The minimum absolute atomic E-state index is 0.701. The van der Waals surface area contributed by atoms with Crippen molar-refractivity contribution in [2.24, 2.45) is 0 Å². The van der Waals surface area contributed by atoms with Gasteiger partial charge in [-0.05, 0) is 94.4 Å². The predicted molar refractivity (Wildman–Crippen MR) is 209 cm³/mol. The predicted octanol–water partition coefficient (Wildman–Crippen LogP) is 13.9. The molecule has 1 aliphatic heterocycles. The molecule has 10 rings (SSSR count). The first kappa shape index (κ1) is 28.6. The van der Waals surface area contributed by atoms with Gasteiger partial charge < -0.3 is 14.4 Å². The number of benzene rings is 8. The number of thiophene rings is 1. The highest BCUT2D eigenvalue weighted by atomic mass is 32.1. The van der Waals surface area contributed by atoms with Crippen molar-refractivity contribution in [1.82, 2.24) is 0 Å². The van der Waals surface area contributed by atoms with E-state index in [2.05, 4.69) is 150 Å². The molecule has 2 heterocycles. The molecule has 0 radical (unpaired) electrons. The van der Waals surface area contributed by atoms with Crippen molar-refractivity contribution in [1.29, 1.82) is 0 Å². The van der Waals surface area contributed by atoms with Gasteiger partial charge in [0.05, 0.1) is 5.39 Å². The van der Waals surface area contributed by atoms with Gasteiger partial charge in [0.15, 0.2) is 11.5 Å². The Hall–Kier alpha value is -6.36. The zero-order valence-electron chi connectivity index (χ0n) is 26.9. The molecule has 3 nitrogen and oxygen atoms in total. The second-order valence-corrected chi connectivity index (χ2v) is 13.6. The molecule has 8 aromatic carbocycles. The minimum Gasteiger partial charge on any atom is -0.453 e. The van der Waals surface area contributed by atoms with Crippen molar-refractivity contribution in [2.75, 3.05) is 4.90 Å². The van der Waals surface area contributed by atoms with E-state index in [1.165, 1.54) is 31.3 Å². The van der Waals surface area contributed by atoms with E-state index < -0.39 is 0 Å². The number of hydrogen-bond acceptors (Lipinski definition) is 4. The Bertz CT molecular complexity index is 2690. The smallest absolute Gasteiger partial charge is 0.170 e. The van der Waals surface area contributed by atoms with Crippen LogP contribution in [0, 0.1) is 0 Å². The van der Waals surface area contributed by atoms with E-state index in [9.17, 15) is 0 Å². The summed E-state index contributed by atoms with van der Waals surface area (Å²) in [5, 5.41) is 4.67. The SMILES string of the molecule is c1ccc(-c2ccc(N(c3ccc(-c4ccc5c(c4)Oc4cccc6cccc(c46)O5)cc3)c3ccc4c(c3)sc3ccccc34)cc2)cc1. The van der Waals surface area contributed by atoms with Crippen LogP contribution in [-0.4, -0.2) is 0 Å². The van der Waals surface area contributed by atoms with E-state index in [0.717, 1.165) is 50.5 Å². The molecule has 0 amide bonds. The number of nitrogens with zero attached hydrogens (tertiary/aromatic N) is 1. The van der Waals surface area contributed by atoms with Gasteiger partial charge in [-0.3, -0.25) is 0 Å². The van der Waals surface area contributed by atoms with Crippen molar-refractivity contribution in [3.05, 3.63) is 176 Å². The van der Waals surface area contributed by atoms with Crippen molar-refractivity contribution in [2.45, 2.75) is 0 Å². The summed E-state index contributed by atoms with van der Waals surface area (Å²) in [7, 11) is 0. The Kier molecular flexibility index (Phi) is 6.68. The van der Waals surface area contributed by atoms with Gasteiger partial charge in [-0.15, -0.1) is 11.3 Å². The summed E-state index contributed by atoms with van der Waals surface area (Å²) in [4.78, 5) is 2.34. The van der Waals surface area contributed by atoms with E-state index >= 15 is 0 Å². The summed E-state index contributed by atoms with van der Waals surface area (Å²) < 4.78 is 15.4. The van der Waals surface area contributed by atoms with Crippen LogP contribution in [-0.2, 0) is 0 Å². The lowest BCUT2D eigenvalue weighted by molar-refractivity contribution is 0.439. The lowest BCUT2D eigenvalue weighted by atomic mass is 10.0. The molecule has 1 aliphatic rings. The molecule has 0 fully saturated rings. The van der Waals surface area contributed by atoms with Crippen LogP contribution in [0.5, 0.6) is 23.0 Å². The monoisotopic (exact) mass is 659 g/mol. The third-order valence-electron chi connectivity index (χ3n) is 9.52. The van der Waals surface area contributed by atoms with Crippen LogP contribution in [0.4, 0.5) is 17.1 Å². The second-order valence-electron chi connectivity index (χ2n) is 12.5. The van der Waals surface area contributed by atoms with E-state index in [4.69, 9.17) is 9.47 Å². The van der Waals surface area contributed by atoms with E-state index in [0.29, 0.717) is 11.5 Å². The normalized spacial score (nSPS) is 11.9. The largest absolute Gasteiger partial charge is 0.453 e. The Balaban J connectivity index is 1.03. The van der Waals surface area contributed by atoms with Crippen LogP contribution in [0.1, 0.15) is 0 Å². The summed E-state index contributed by atoms with van der Waals surface area (Å²) >= 11 is 1.84. The molecule has 0 atom stereocenters. The average molecular weight is 660 g/mol. The highest BCUT2D eigenvalue weighted by Gasteiger charge is 2.20. The summed E-state index contributed by atoms with van der Waals surface area (Å²) in [5.41, 5.74) is 7.85. The lowest BCUT2D eigenvalue weighted by Crippen LogP contribution is -2.09. The van der Waals surface area contributed by atoms with Gasteiger partial charge in [0, 0.05) is 37.2 Å². The Morgan fingerprint density at radius 2 is 0.940 bits per heavy atom. The molecular weight excluding hydrogens is 631 g/mol. The molecule has 1 aromatic heterocycles. The van der Waals surface area contributed by atoms with Gasteiger partial charge in [0.2, 0.25) is 0 Å². The van der Waals surface area contributed by atoms with Crippen LogP contribution in [0.15, 0.2) is 176 Å². The standard InChI is InChI=1S/C46H29NO2S/c1-2-8-30(9-3-1)31-16-21-35(22-17-31)47(37-25-26-39-38-12-4-5-15-44(38)50-45(39)29-37)36-23-18-32(19-24-36)34-20-27-40-43(28-34)49-42-14-7-11-33-10-6-13-41(48-40)46(33)42/h1-29H. The summed E-state index contributed by atoms with van der Waals surface area (Å²) in [6, 6.07) is 62.0. The van der Waals surface area contributed by atoms with Gasteiger partial charge in [0.25, 0.3) is 0 Å². The van der Waals surface area contributed by atoms with Crippen LogP contribution < -0.4 is 14.4 Å². The van der Waals surface area contributed by atoms with Crippen molar-refractivity contribution < 1.29 is 9.47 Å². The Labute approximate surface area is 293 Å². The second kappa shape index (κ2) is 11.7. The number of anilines is 3. The third kappa shape index (κ3) is 4.89. The fourth-order valence-electron chi connectivity index (χ4n) is 7.07. The first-order valence-electron chi connectivity index (χ1n) is 16.7. The molecule has 50 heavy (non-hydrogen) atoms. The number of rotatable bonds is 5. The van der Waals surface area contributed by atoms with Crippen LogP contribution >= 0.6 is 11.3 Å². The molecule has 236 valence electrons. The van der Waals surface area contributed by atoms with Crippen LogP contribution in [0.3, 0.4) is 0 Å². The van der Waals surface area contributed by atoms with Gasteiger partial charge in [-0.25, -0.2) is 0 Å². The highest BCUT2D eigenvalue weighted by Crippen LogP contribution is 2.47. The summed E-state index contributed by atoms with van der Waals surface area (Å²) in [6.07, 6.45) is 0. The Morgan fingerprint density at radius 1 is 0.360 bits per heavy atom.